The second-order valence-electron chi connectivity index (χ2n) is 12.0. The van der Waals surface area contributed by atoms with Crippen LogP contribution in [-0.2, 0) is 30.3 Å². The van der Waals surface area contributed by atoms with Crippen molar-refractivity contribution in [2.45, 2.75) is 97.1 Å². The minimum Gasteiger partial charge on any atom is -0.497 e. The predicted molar refractivity (Wildman–Crippen MR) is 160 cm³/mol. The number of benzene rings is 1. The van der Waals surface area contributed by atoms with E-state index in [1.165, 1.54) is 7.05 Å². The highest BCUT2D eigenvalue weighted by Crippen LogP contribution is 2.24. The maximum Gasteiger partial charge on any atom is 0.329 e. The average Bonchev–Trinajstić information content (AvgIpc) is 2.84. The summed E-state index contributed by atoms with van der Waals surface area (Å²) in [5.41, 5.74) is 0.173. The largest absolute Gasteiger partial charge is 0.497 e. The van der Waals surface area contributed by atoms with E-state index >= 15 is 0 Å². The first-order chi connectivity index (χ1) is 18.6. The molecule has 1 rings (SSSR count). The number of rotatable bonds is 15. The van der Waals surface area contributed by atoms with Gasteiger partial charge in [0.25, 0.3) is 0 Å². The quantitative estimate of drug-likeness (QED) is 0.186. The Labute approximate surface area is 245 Å². The number of thiol groups is 1. The molecule has 1 aromatic carbocycles. The molecule has 4 atom stereocenters. The summed E-state index contributed by atoms with van der Waals surface area (Å²) in [6, 6.07) is 5.68. The van der Waals surface area contributed by atoms with E-state index in [1.807, 2.05) is 39.8 Å². The van der Waals surface area contributed by atoms with Crippen LogP contribution in [-0.4, -0.2) is 60.8 Å². The normalized spacial score (nSPS) is 14.6. The van der Waals surface area contributed by atoms with Crippen LogP contribution in [0.4, 0.5) is 0 Å². The smallest absolute Gasteiger partial charge is 0.329 e. The first-order valence-electron chi connectivity index (χ1n) is 13.9. The summed E-state index contributed by atoms with van der Waals surface area (Å²) in [7, 11) is 3.10. The van der Waals surface area contributed by atoms with Crippen molar-refractivity contribution < 1.29 is 28.7 Å². The summed E-state index contributed by atoms with van der Waals surface area (Å²) in [6.45, 7) is 13.2. The van der Waals surface area contributed by atoms with E-state index < -0.39 is 34.8 Å². The predicted octanol–water partition coefficient (Wildman–Crippen LogP) is 3.69. The van der Waals surface area contributed by atoms with Gasteiger partial charge in [-0.2, -0.15) is 12.6 Å². The average molecular weight is 580 g/mol. The Morgan fingerprint density at radius 2 is 1.45 bits per heavy atom. The summed E-state index contributed by atoms with van der Waals surface area (Å²) in [5.74, 6) is -1.21. The zero-order valence-corrected chi connectivity index (χ0v) is 26.4. The third kappa shape index (κ3) is 13.1. The van der Waals surface area contributed by atoms with Gasteiger partial charge in [-0.3, -0.25) is 14.4 Å². The second-order valence-corrected chi connectivity index (χ2v) is 12.7. The maximum absolute atomic E-state index is 13.5. The van der Waals surface area contributed by atoms with Crippen LogP contribution in [0.5, 0.6) is 5.75 Å². The van der Waals surface area contributed by atoms with Crippen LogP contribution in [0, 0.1) is 17.8 Å². The second kappa shape index (κ2) is 16.5. The van der Waals surface area contributed by atoms with Crippen molar-refractivity contribution in [2.24, 2.45) is 17.8 Å². The molecule has 0 aliphatic rings. The highest BCUT2D eigenvalue weighted by Gasteiger charge is 2.33. The Hall–Kier alpha value is -2.75. The number of methoxy groups -OCH3 is 1. The molecule has 0 aliphatic carbocycles. The summed E-state index contributed by atoms with van der Waals surface area (Å²) >= 11 is 4.66. The topological polar surface area (TPSA) is 123 Å². The first kappa shape index (κ1) is 35.3. The van der Waals surface area contributed by atoms with E-state index in [-0.39, 0.29) is 42.4 Å². The van der Waals surface area contributed by atoms with Gasteiger partial charge in [-0.25, -0.2) is 4.79 Å². The van der Waals surface area contributed by atoms with Gasteiger partial charge < -0.3 is 25.4 Å². The summed E-state index contributed by atoms with van der Waals surface area (Å²) in [5, 5.41) is 7.65. The van der Waals surface area contributed by atoms with E-state index in [1.54, 1.807) is 40.0 Å². The third-order valence-corrected chi connectivity index (χ3v) is 6.68. The molecular formula is C30H49N3O6S. The fourth-order valence-electron chi connectivity index (χ4n) is 4.25. The molecule has 0 bridgehead atoms. The number of nitrogens with one attached hydrogen (secondary N) is 3. The van der Waals surface area contributed by atoms with Gasteiger partial charge in [0.15, 0.2) is 0 Å². The molecule has 3 N–H and O–H groups in total. The van der Waals surface area contributed by atoms with Gasteiger partial charge >= 0.3 is 5.97 Å². The van der Waals surface area contributed by atoms with Crippen molar-refractivity contribution >= 4 is 36.3 Å². The van der Waals surface area contributed by atoms with Crippen molar-refractivity contribution in [3.8, 4) is 5.75 Å². The number of hydrogen-bond donors (Lipinski definition) is 4. The summed E-state index contributed by atoms with van der Waals surface area (Å²) in [6.07, 6.45) is 1.10. The minimum atomic E-state index is -0.808. The van der Waals surface area contributed by atoms with Crippen molar-refractivity contribution in [1.29, 1.82) is 0 Å². The molecule has 0 fully saturated rings. The molecule has 1 unspecified atom stereocenters. The van der Waals surface area contributed by atoms with Crippen molar-refractivity contribution in [1.82, 2.24) is 16.0 Å². The number of ether oxygens (including phenoxy) is 2. The van der Waals surface area contributed by atoms with E-state index in [4.69, 9.17) is 9.47 Å². The minimum absolute atomic E-state index is 0.0750. The van der Waals surface area contributed by atoms with Gasteiger partial charge in [-0.05, 0) is 63.1 Å². The molecule has 0 spiro atoms. The molecule has 0 radical (unpaired) electrons. The Morgan fingerprint density at radius 3 is 1.93 bits per heavy atom. The molecule has 226 valence electrons. The lowest BCUT2D eigenvalue weighted by atomic mass is 9.90. The number of amides is 3. The van der Waals surface area contributed by atoms with Crippen LogP contribution in [0.2, 0.25) is 0 Å². The van der Waals surface area contributed by atoms with Crippen LogP contribution >= 0.6 is 12.6 Å². The molecule has 3 amide bonds. The summed E-state index contributed by atoms with van der Waals surface area (Å²) in [4.78, 5) is 51.9. The van der Waals surface area contributed by atoms with Crippen LogP contribution in [0.25, 0.3) is 0 Å². The Kier molecular flexibility index (Phi) is 14.6. The summed E-state index contributed by atoms with van der Waals surface area (Å²) < 4.78 is 10.7. The van der Waals surface area contributed by atoms with E-state index in [0.717, 1.165) is 5.56 Å². The molecule has 0 aromatic heterocycles. The third-order valence-electron chi connectivity index (χ3n) is 6.13. The number of esters is 1. The number of likely N-dealkylation sites (N-methyl/N-ethyl adjacent to an activating group) is 1. The van der Waals surface area contributed by atoms with Gasteiger partial charge in [-0.15, -0.1) is 0 Å². The first-order valence-corrected chi connectivity index (χ1v) is 14.4. The maximum atomic E-state index is 13.5. The molecule has 0 heterocycles. The molecule has 1 aromatic rings. The van der Waals surface area contributed by atoms with E-state index in [0.29, 0.717) is 18.6 Å². The van der Waals surface area contributed by atoms with E-state index in [9.17, 15) is 19.2 Å². The standard InChI is InChI=1S/C30H49N3O6S/c1-18(2)14-22(25(40)17-26(34)32-24(15-19(3)4)29(37)39-30(5,6)7)27(35)33-23(28(36)31-8)16-20-10-12-21(38-9)13-11-20/h10-13,18-19,22-25,40H,14-17H2,1-9H3,(H,31,36)(H,32,34)(H,33,35)/t22-,23+,24?,25+/m1/s1. The lowest BCUT2D eigenvalue weighted by Gasteiger charge is -2.28. The molecular weight excluding hydrogens is 530 g/mol. The highest BCUT2D eigenvalue weighted by atomic mass is 32.1. The van der Waals surface area contributed by atoms with E-state index in [2.05, 4.69) is 28.6 Å². The zero-order valence-electron chi connectivity index (χ0n) is 25.5. The molecule has 0 saturated carbocycles. The molecule has 9 nitrogen and oxygen atoms in total. The van der Waals surface area contributed by atoms with Crippen LogP contribution in [0.1, 0.15) is 73.3 Å². The van der Waals surface area contributed by atoms with Crippen molar-refractivity contribution in [3.63, 3.8) is 0 Å². The fraction of sp³-hybridized carbons (Fsp3) is 0.667. The number of carbonyl (C=O) groups is 4. The van der Waals surface area contributed by atoms with Gasteiger partial charge in [0.2, 0.25) is 17.7 Å². The van der Waals surface area contributed by atoms with Crippen LogP contribution in [0.15, 0.2) is 24.3 Å². The lowest BCUT2D eigenvalue weighted by molar-refractivity contribution is -0.159. The number of carbonyl (C=O) groups excluding carboxylic acids is 4. The fourth-order valence-corrected chi connectivity index (χ4v) is 4.67. The van der Waals surface area contributed by atoms with Gasteiger partial charge in [0, 0.05) is 25.1 Å². The molecule has 10 heteroatoms. The monoisotopic (exact) mass is 579 g/mol. The highest BCUT2D eigenvalue weighted by molar-refractivity contribution is 7.81. The Morgan fingerprint density at radius 1 is 0.875 bits per heavy atom. The van der Waals surface area contributed by atoms with Gasteiger partial charge in [-0.1, -0.05) is 39.8 Å². The Balaban J connectivity index is 3.02. The zero-order chi connectivity index (χ0) is 30.6. The molecule has 0 saturated heterocycles. The van der Waals surface area contributed by atoms with Gasteiger partial charge in [0.1, 0.15) is 23.4 Å². The molecule has 0 aliphatic heterocycles. The van der Waals surface area contributed by atoms with Crippen LogP contribution in [0.3, 0.4) is 0 Å². The molecule has 40 heavy (non-hydrogen) atoms. The lowest BCUT2D eigenvalue weighted by Crippen LogP contribution is -2.51. The van der Waals surface area contributed by atoms with Crippen LogP contribution < -0.4 is 20.7 Å². The SMILES string of the molecule is CNC(=O)[C@H](Cc1ccc(OC)cc1)NC(=O)[C@H](CC(C)C)[C@@H](S)CC(=O)NC(CC(C)C)C(=O)OC(C)(C)C. The number of hydrogen-bond acceptors (Lipinski definition) is 7. The van der Waals surface area contributed by atoms with Crippen molar-refractivity contribution in [3.05, 3.63) is 29.8 Å². The van der Waals surface area contributed by atoms with Gasteiger partial charge in [0.05, 0.1) is 13.0 Å². The Bertz CT molecular complexity index is 975. The van der Waals surface area contributed by atoms with Crippen molar-refractivity contribution in [2.75, 3.05) is 14.2 Å².